The van der Waals surface area contributed by atoms with E-state index >= 15 is 0 Å². The molecule has 0 aliphatic heterocycles. The SMILES string of the molecule is CCOC(=O)c1ccc(-c2ncccc2S(=O)(=O)CC)nn1. The first kappa shape index (κ1) is 16.0. The number of ether oxygens (including phenoxy) is 1. The van der Waals surface area contributed by atoms with Gasteiger partial charge in [-0.3, -0.25) is 4.98 Å². The molecule has 0 saturated heterocycles. The van der Waals surface area contributed by atoms with Crippen LogP contribution in [-0.4, -0.2) is 41.9 Å². The van der Waals surface area contributed by atoms with Gasteiger partial charge in [-0.05, 0) is 31.2 Å². The van der Waals surface area contributed by atoms with E-state index in [4.69, 9.17) is 4.74 Å². The van der Waals surface area contributed by atoms with Gasteiger partial charge in [-0.2, -0.15) is 0 Å². The third-order valence-electron chi connectivity index (χ3n) is 2.88. The lowest BCUT2D eigenvalue weighted by atomic mass is 10.2. The number of carbonyl (C=O) groups excluding carboxylic acids is 1. The average molecular weight is 321 g/mol. The van der Waals surface area contributed by atoms with E-state index in [-0.39, 0.29) is 34.3 Å². The van der Waals surface area contributed by atoms with Gasteiger partial charge >= 0.3 is 5.97 Å². The van der Waals surface area contributed by atoms with E-state index in [2.05, 4.69) is 15.2 Å². The van der Waals surface area contributed by atoms with Crippen LogP contribution < -0.4 is 0 Å². The van der Waals surface area contributed by atoms with Gasteiger partial charge in [-0.15, -0.1) is 10.2 Å². The quantitative estimate of drug-likeness (QED) is 0.769. The fourth-order valence-corrected chi connectivity index (χ4v) is 2.81. The number of sulfone groups is 1. The van der Waals surface area contributed by atoms with Gasteiger partial charge in [0.15, 0.2) is 15.5 Å². The molecule has 0 atom stereocenters. The van der Waals surface area contributed by atoms with Crippen molar-refractivity contribution in [1.82, 2.24) is 15.2 Å². The Morgan fingerprint density at radius 3 is 2.55 bits per heavy atom. The lowest BCUT2D eigenvalue weighted by Gasteiger charge is -2.07. The first-order chi connectivity index (χ1) is 10.5. The summed E-state index contributed by atoms with van der Waals surface area (Å²) in [6, 6.07) is 5.95. The van der Waals surface area contributed by atoms with Crippen molar-refractivity contribution in [2.75, 3.05) is 12.4 Å². The van der Waals surface area contributed by atoms with Gasteiger partial charge < -0.3 is 4.74 Å². The third-order valence-corrected chi connectivity index (χ3v) is 4.64. The predicted molar refractivity (Wildman–Crippen MR) is 78.9 cm³/mol. The highest BCUT2D eigenvalue weighted by atomic mass is 32.2. The Morgan fingerprint density at radius 1 is 1.18 bits per heavy atom. The first-order valence-electron chi connectivity index (χ1n) is 6.68. The molecular formula is C14H15N3O4S. The molecule has 0 fully saturated rings. The van der Waals surface area contributed by atoms with Gasteiger partial charge in [0, 0.05) is 6.20 Å². The van der Waals surface area contributed by atoms with Gasteiger partial charge in [-0.1, -0.05) is 6.92 Å². The zero-order valence-corrected chi connectivity index (χ0v) is 13.0. The van der Waals surface area contributed by atoms with Crippen LogP contribution in [-0.2, 0) is 14.6 Å². The molecule has 0 amide bonds. The van der Waals surface area contributed by atoms with E-state index in [0.29, 0.717) is 0 Å². The molecule has 116 valence electrons. The number of aromatic nitrogens is 3. The van der Waals surface area contributed by atoms with E-state index in [9.17, 15) is 13.2 Å². The van der Waals surface area contributed by atoms with Crippen molar-refractivity contribution in [2.24, 2.45) is 0 Å². The molecule has 2 aromatic rings. The lowest BCUT2D eigenvalue weighted by molar-refractivity contribution is 0.0518. The van der Waals surface area contributed by atoms with Crippen LogP contribution in [0.3, 0.4) is 0 Å². The molecule has 7 nitrogen and oxygen atoms in total. The van der Waals surface area contributed by atoms with E-state index in [0.717, 1.165) is 0 Å². The predicted octanol–water partition coefficient (Wildman–Crippen LogP) is 1.51. The van der Waals surface area contributed by atoms with Crippen LogP contribution in [0.25, 0.3) is 11.4 Å². The number of hydrogen-bond acceptors (Lipinski definition) is 7. The molecule has 22 heavy (non-hydrogen) atoms. The van der Waals surface area contributed by atoms with Gasteiger partial charge in [0.25, 0.3) is 0 Å². The Balaban J connectivity index is 2.44. The number of pyridine rings is 1. The molecule has 0 spiro atoms. The second-order valence-corrected chi connectivity index (χ2v) is 6.52. The summed E-state index contributed by atoms with van der Waals surface area (Å²) >= 11 is 0. The van der Waals surface area contributed by atoms with Gasteiger partial charge in [0.1, 0.15) is 11.4 Å². The highest BCUT2D eigenvalue weighted by molar-refractivity contribution is 7.91. The summed E-state index contributed by atoms with van der Waals surface area (Å²) in [6.45, 7) is 3.48. The van der Waals surface area contributed by atoms with E-state index in [1.807, 2.05) is 0 Å². The molecule has 0 saturated carbocycles. The van der Waals surface area contributed by atoms with Crippen LogP contribution in [0.15, 0.2) is 35.4 Å². The Hall–Kier alpha value is -2.35. The lowest BCUT2D eigenvalue weighted by Crippen LogP contribution is -2.10. The maximum Gasteiger partial charge on any atom is 0.358 e. The zero-order chi connectivity index (χ0) is 16.2. The van der Waals surface area contributed by atoms with Gasteiger partial charge in [-0.25, -0.2) is 13.2 Å². The average Bonchev–Trinajstić information content (AvgIpc) is 2.55. The highest BCUT2D eigenvalue weighted by Crippen LogP contribution is 2.23. The number of esters is 1. The van der Waals surface area contributed by atoms with E-state index < -0.39 is 15.8 Å². The van der Waals surface area contributed by atoms with Crippen molar-refractivity contribution >= 4 is 15.8 Å². The molecule has 2 rings (SSSR count). The molecule has 0 radical (unpaired) electrons. The monoisotopic (exact) mass is 321 g/mol. The molecule has 0 aliphatic carbocycles. The van der Waals surface area contributed by atoms with Gasteiger partial charge in [0.2, 0.25) is 0 Å². The maximum absolute atomic E-state index is 12.1. The fraction of sp³-hybridized carbons (Fsp3) is 0.286. The Bertz CT molecular complexity index is 773. The number of nitrogens with zero attached hydrogens (tertiary/aromatic N) is 3. The van der Waals surface area contributed by atoms with Crippen LogP contribution in [0.2, 0.25) is 0 Å². The zero-order valence-electron chi connectivity index (χ0n) is 12.2. The maximum atomic E-state index is 12.1. The summed E-state index contributed by atoms with van der Waals surface area (Å²) in [5, 5.41) is 7.65. The molecule has 2 heterocycles. The minimum Gasteiger partial charge on any atom is -0.461 e. The van der Waals surface area contributed by atoms with Crippen LogP contribution in [0.5, 0.6) is 0 Å². The summed E-state index contributed by atoms with van der Waals surface area (Å²) < 4.78 is 29.0. The summed E-state index contributed by atoms with van der Waals surface area (Å²) in [6.07, 6.45) is 1.48. The highest BCUT2D eigenvalue weighted by Gasteiger charge is 2.20. The Labute approximate surface area is 128 Å². The standard InChI is InChI=1S/C14H15N3O4S/c1-3-21-14(18)11-8-7-10(16-17-11)13-12(6-5-9-15-13)22(19,20)4-2/h5-9H,3-4H2,1-2H3. The summed E-state index contributed by atoms with van der Waals surface area (Å²) in [7, 11) is -3.43. The minimum absolute atomic E-state index is 0.0416. The van der Waals surface area contributed by atoms with Crippen LogP contribution in [0, 0.1) is 0 Å². The Kier molecular flexibility index (Phi) is 4.81. The van der Waals surface area contributed by atoms with E-state index in [1.54, 1.807) is 19.9 Å². The van der Waals surface area contributed by atoms with Crippen molar-refractivity contribution in [2.45, 2.75) is 18.7 Å². The smallest absolute Gasteiger partial charge is 0.358 e. The number of carbonyl (C=O) groups is 1. The van der Waals surface area contributed by atoms with Crippen LogP contribution >= 0.6 is 0 Å². The van der Waals surface area contributed by atoms with Crippen molar-refractivity contribution < 1.29 is 17.9 Å². The topological polar surface area (TPSA) is 99.1 Å². The molecule has 8 heteroatoms. The van der Waals surface area contributed by atoms with Gasteiger partial charge in [0.05, 0.1) is 17.3 Å². The van der Waals surface area contributed by atoms with Crippen LogP contribution in [0.1, 0.15) is 24.3 Å². The normalized spacial score (nSPS) is 11.2. The molecule has 0 N–H and O–H groups in total. The fourth-order valence-electron chi connectivity index (χ4n) is 1.76. The largest absolute Gasteiger partial charge is 0.461 e. The minimum atomic E-state index is -3.43. The molecule has 0 aromatic carbocycles. The molecule has 2 aromatic heterocycles. The van der Waals surface area contributed by atoms with Crippen molar-refractivity contribution in [3.05, 3.63) is 36.2 Å². The molecule has 0 bridgehead atoms. The summed E-state index contributed by atoms with van der Waals surface area (Å²) in [5.41, 5.74) is 0.550. The van der Waals surface area contributed by atoms with Crippen molar-refractivity contribution in [3.63, 3.8) is 0 Å². The van der Waals surface area contributed by atoms with Crippen molar-refractivity contribution in [3.8, 4) is 11.4 Å². The van der Waals surface area contributed by atoms with Crippen LogP contribution in [0.4, 0.5) is 0 Å². The molecular weight excluding hydrogens is 306 g/mol. The third kappa shape index (κ3) is 3.28. The summed E-state index contributed by atoms with van der Waals surface area (Å²) in [5.74, 6) is -0.621. The number of rotatable bonds is 5. The second kappa shape index (κ2) is 6.61. The van der Waals surface area contributed by atoms with Crippen molar-refractivity contribution in [1.29, 1.82) is 0 Å². The second-order valence-electron chi connectivity index (χ2n) is 4.28. The Morgan fingerprint density at radius 2 is 1.95 bits per heavy atom. The van der Waals surface area contributed by atoms with E-state index in [1.165, 1.54) is 24.4 Å². The number of hydrogen-bond donors (Lipinski definition) is 0. The first-order valence-corrected chi connectivity index (χ1v) is 8.33. The molecule has 0 aliphatic rings. The molecule has 0 unspecified atom stereocenters. The summed E-state index contributed by atoms with van der Waals surface area (Å²) in [4.78, 5) is 15.7.